The van der Waals surface area contributed by atoms with E-state index in [-0.39, 0.29) is 23.3 Å². The summed E-state index contributed by atoms with van der Waals surface area (Å²) >= 11 is 1.67. The summed E-state index contributed by atoms with van der Waals surface area (Å²) in [5.41, 5.74) is 7.36. The lowest BCUT2D eigenvalue weighted by atomic mass is 9.60. The maximum Gasteiger partial charge on any atom is 0.226 e. The molecule has 20 heavy (non-hydrogen) atoms. The molecule has 0 radical (unpaired) electrons. The fourth-order valence-electron chi connectivity index (χ4n) is 3.29. The summed E-state index contributed by atoms with van der Waals surface area (Å²) in [5.74, 6) is 0.723. The molecule has 1 aromatic heterocycles. The highest BCUT2D eigenvalue weighted by atomic mass is 32.1. The quantitative estimate of drug-likeness (QED) is 0.931. The Morgan fingerprint density at radius 2 is 2.20 bits per heavy atom. The standard InChI is InChI=1S/C16H26N2OS/c1-11-14(17)6-5-13(16(11,2)3)15(19)18(4)9-12-7-8-20-10-12/h7-8,10-11,13-14H,5-6,9,17H2,1-4H3. The van der Waals surface area contributed by atoms with Gasteiger partial charge in [-0.25, -0.2) is 0 Å². The van der Waals surface area contributed by atoms with E-state index in [2.05, 4.69) is 37.6 Å². The van der Waals surface area contributed by atoms with E-state index in [9.17, 15) is 4.79 Å². The van der Waals surface area contributed by atoms with Crippen molar-refractivity contribution in [3.8, 4) is 0 Å². The molecule has 3 atom stereocenters. The largest absolute Gasteiger partial charge is 0.341 e. The van der Waals surface area contributed by atoms with Gasteiger partial charge in [0.2, 0.25) is 5.91 Å². The van der Waals surface area contributed by atoms with Crippen LogP contribution in [0.1, 0.15) is 39.2 Å². The van der Waals surface area contributed by atoms with Crippen molar-refractivity contribution >= 4 is 17.2 Å². The van der Waals surface area contributed by atoms with Crippen molar-refractivity contribution in [3.05, 3.63) is 22.4 Å². The van der Waals surface area contributed by atoms with Crippen LogP contribution in [0.4, 0.5) is 0 Å². The van der Waals surface area contributed by atoms with Crippen molar-refractivity contribution in [2.45, 2.75) is 46.2 Å². The highest BCUT2D eigenvalue weighted by Gasteiger charge is 2.45. The van der Waals surface area contributed by atoms with Crippen molar-refractivity contribution in [2.24, 2.45) is 23.0 Å². The van der Waals surface area contributed by atoms with Gasteiger partial charge in [-0.2, -0.15) is 11.3 Å². The second-order valence-electron chi connectivity index (χ2n) is 6.73. The van der Waals surface area contributed by atoms with E-state index in [0.29, 0.717) is 12.5 Å². The van der Waals surface area contributed by atoms with Gasteiger partial charge < -0.3 is 10.6 Å². The first-order chi connectivity index (χ1) is 9.34. The SMILES string of the molecule is CC1C(N)CCC(C(=O)N(C)Cc2ccsc2)C1(C)C. The van der Waals surface area contributed by atoms with Crippen LogP contribution in [-0.2, 0) is 11.3 Å². The van der Waals surface area contributed by atoms with Crippen LogP contribution in [0.2, 0.25) is 0 Å². The molecule has 1 aromatic rings. The molecule has 1 amide bonds. The topological polar surface area (TPSA) is 46.3 Å². The molecule has 1 aliphatic carbocycles. The van der Waals surface area contributed by atoms with E-state index in [1.165, 1.54) is 5.56 Å². The number of hydrogen-bond donors (Lipinski definition) is 1. The van der Waals surface area contributed by atoms with Gasteiger partial charge in [0.15, 0.2) is 0 Å². The molecule has 2 rings (SSSR count). The fourth-order valence-corrected chi connectivity index (χ4v) is 3.95. The van der Waals surface area contributed by atoms with Gasteiger partial charge in [0.1, 0.15) is 0 Å². The third-order valence-corrected chi connectivity index (χ3v) is 5.91. The molecule has 1 saturated carbocycles. The van der Waals surface area contributed by atoms with Crippen molar-refractivity contribution in [1.82, 2.24) is 4.90 Å². The van der Waals surface area contributed by atoms with Crippen LogP contribution in [0.5, 0.6) is 0 Å². The van der Waals surface area contributed by atoms with Gasteiger partial charge in [-0.15, -0.1) is 0 Å². The van der Waals surface area contributed by atoms with E-state index in [0.717, 1.165) is 12.8 Å². The molecule has 0 aromatic carbocycles. The predicted octanol–water partition coefficient (Wildman–Crippen LogP) is 3.11. The predicted molar refractivity (Wildman–Crippen MR) is 84.4 cm³/mol. The number of carbonyl (C=O) groups excluding carboxylic acids is 1. The van der Waals surface area contributed by atoms with E-state index >= 15 is 0 Å². The smallest absolute Gasteiger partial charge is 0.226 e. The molecule has 0 aliphatic heterocycles. The summed E-state index contributed by atoms with van der Waals surface area (Å²) in [6.07, 6.45) is 1.86. The Labute approximate surface area is 126 Å². The Kier molecular flexibility index (Phi) is 4.55. The first kappa shape index (κ1) is 15.5. The zero-order valence-electron chi connectivity index (χ0n) is 12.9. The van der Waals surface area contributed by atoms with Crippen molar-refractivity contribution in [3.63, 3.8) is 0 Å². The number of hydrogen-bond acceptors (Lipinski definition) is 3. The molecule has 1 fully saturated rings. The molecule has 3 unspecified atom stereocenters. The monoisotopic (exact) mass is 294 g/mol. The van der Waals surface area contributed by atoms with Gasteiger partial charge in [-0.1, -0.05) is 20.8 Å². The molecular formula is C16H26N2OS. The maximum absolute atomic E-state index is 12.8. The lowest BCUT2D eigenvalue weighted by molar-refractivity contribution is -0.142. The summed E-state index contributed by atoms with van der Waals surface area (Å²) in [4.78, 5) is 14.7. The van der Waals surface area contributed by atoms with Crippen molar-refractivity contribution in [1.29, 1.82) is 0 Å². The minimum absolute atomic E-state index is 0.0301. The van der Waals surface area contributed by atoms with Gasteiger partial charge in [-0.3, -0.25) is 4.79 Å². The highest BCUT2D eigenvalue weighted by molar-refractivity contribution is 7.07. The second kappa shape index (κ2) is 5.86. The average Bonchev–Trinajstić information content (AvgIpc) is 2.88. The number of thiophene rings is 1. The van der Waals surface area contributed by atoms with Crippen LogP contribution in [-0.4, -0.2) is 23.9 Å². The Morgan fingerprint density at radius 3 is 2.80 bits per heavy atom. The van der Waals surface area contributed by atoms with Crippen molar-refractivity contribution < 1.29 is 4.79 Å². The summed E-state index contributed by atoms with van der Waals surface area (Å²) in [7, 11) is 1.91. The normalized spacial score (nSPS) is 29.1. The summed E-state index contributed by atoms with van der Waals surface area (Å²) in [6, 6.07) is 2.30. The van der Waals surface area contributed by atoms with Gasteiger partial charge in [0.05, 0.1) is 0 Å². The fraction of sp³-hybridized carbons (Fsp3) is 0.688. The number of rotatable bonds is 3. The number of nitrogens with two attached hydrogens (primary N) is 1. The Morgan fingerprint density at radius 1 is 1.50 bits per heavy atom. The molecule has 0 spiro atoms. The number of carbonyl (C=O) groups is 1. The third kappa shape index (κ3) is 2.91. The summed E-state index contributed by atoms with van der Waals surface area (Å²) in [5, 5.41) is 4.16. The van der Waals surface area contributed by atoms with Gasteiger partial charge in [0, 0.05) is 25.6 Å². The van der Waals surface area contributed by atoms with Gasteiger partial charge in [-0.05, 0) is 46.6 Å². The molecule has 112 valence electrons. The first-order valence-electron chi connectivity index (χ1n) is 7.35. The molecule has 0 bridgehead atoms. The van der Waals surface area contributed by atoms with Crippen molar-refractivity contribution in [2.75, 3.05) is 7.05 Å². The van der Waals surface area contributed by atoms with Crippen LogP contribution < -0.4 is 5.73 Å². The number of nitrogens with zero attached hydrogens (tertiary/aromatic N) is 1. The summed E-state index contributed by atoms with van der Waals surface area (Å²) < 4.78 is 0. The van der Waals surface area contributed by atoms with Crippen LogP contribution in [0, 0.1) is 17.3 Å². The maximum atomic E-state index is 12.8. The minimum Gasteiger partial charge on any atom is -0.341 e. The Bertz CT molecular complexity index is 455. The zero-order chi connectivity index (χ0) is 14.9. The Hall–Kier alpha value is -0.870. The first-order valence-corrected chi connectivity index (χ1v) is 8.30. The van der Waals surface area contributed by atoms with E-state index in [4.69, 9.17) is 5.73 Å². The minimum atomic E-state index is -0.0301. The zero-order valence-corrected chi connectivity index (χ0v) is 13.7. The van der Waals surface area contributed by atoms with E-state index < -0.39 is 0 Å². The van der Waals surface area contributed by atoms with Crippen LogP contribution >= 0.6 is 11.3 Å². The molecule has 1 heterocycles. The number of amides is 1. The molecular weight excluding hydrogens is 268 g/mol. The Balaban J connectivity index is 2.08. The molecule has 0 saturated heterocycles. The van der Waals surface area contributed by atoms with E-state index in [1.54, 1.807) is 11.3 Å². The second-order valence-corrected chi connectivity index (χ2v) is 7.51. The average molecular weight is 294 g/mol. The lowest BCUT2D eigenvalue weighted by Crippen LogP contribution is -2.51. The third-order valence-electron chi connectivity index (χ3n) is 5.18. The van der Waals surface area contributed by atoms with Crippen LogP contribution in [0.25, 0.3) is 0 Å². The molecule has 1 aliphatic rings. The molecule has 2 N–H and O–H groups in total. The van der Waals surface area contributed by atoms with Crippen LogP contribution in [0.15, 0.2) is 16.8 Å². The molecule has 4 heteroatoms. The van der Waals surface area contributed by atoms with E-state index in [1.807, 2.05) is 11.9 Å². The highest BCUT2D eigenvalue weighted by Crippen LogP contribution is 2.45. The van der Waals surface area contributed by atoms with Gasteiger partial charge >= 0.3 is 0 Å². The van der Waals surface area contributed by atoms with Crippen LogP contribution in [0.3, 0.4) is 0 Å². The summed E-state index contributed by atoms with van der Waals surface area (Å²) in [6.45, 7) is 7.27. The molecule has 3 nitrogen and oxygen atoms in total. The van der Waals surface area contributed by atoms with Gasteiger partial charge in [0.25, 0.3) is 0 Å². The lowest BCUT2D eigenvalue weighted by Gasteiger charge is -2.47.